The Morgan fingerprint density at radius 1 is 1.07 bits per heavy atom. The first-order valence-electron chi connectivity index (χ1n) is 8.74. The quantitative estimate of drug-likeness (QED) is 0.489. The Morgan fingerprint density at radius 3 is 2.41 bits per heavy atom. The van der Waals surface area contributed by atoms with Gasteiger partial charge >= 0.3 is 0 Å². The second-order valence-corrected chi connectivity index (χ2v) is 5.83. The molecule has 0 aliphatic heterocycles. The molecule has 0 saturated carbocycles. The van der Waals surface area contributed by atoms with E-state index in [4.69, 9.17) is 9.47 Å². The van der Waals surface area contributed by atoms with Crippen LogP contribution in [0, 0.1) is 5.82 Å². The second-order valence-electron chi connectivity index (χ2n) is 5.83. The van der Waals surface area contributed by atoms with Crippen LogP contribution in [0.15, 0.2) is 47.5 Å². The van der Waals surface area contributed by atoms with Gasteiger partial charge in [-0.05, 0) is 42.3 Å². The summed E-state index contributed by atoms with van der Waals surface area (Å²) in [6.07, 6.45) is -0.750. The van der Waals surface area contributed by atoms with Crippen molar-refractivity contribution in [3.8, 4) is 11.5 Å². The van der Waals surface area contributed by atoms with Crippen LogP contribution in [0.25, 0.3) is 0 Å². The molecule has 1 unspecified atom stereocenters. The average molecular weight is 375 g/mol. The van der Waals surface area contributed by atoms with Gasteiger partial charge in [0.15, 0.2) is 17.5 Å². The third kappa shape index (κ3) is 6.14. The monoisotopic (exact) mass is 375 g/mol. The van der Waals surface area contributed by atoms with Crippen LogP contribution < -0.4 is 20.1 Å². The van der Waals surface area contributed by atoms with Gasteiger partial charge < -0.3 is 25.2 Å². The average Bonchev–Trinajstić information content (AvgIpc) is 2.70. The van der Waals surface area contributed by atoms with Gasteiger partial charge in [0.05, 0.1) is 26.9 Å². The Labute approximate surface area is 159 Å². The summed E-state index contributed by atoms with van der Waals surface area (Å²) in [6, 6.07) is 11.5. The fraction of sp³-hybridized carbons (Fsp3) is 0.350. The Kier molecular flexibility index (Phi) is 7.88. The molecule has 2 aromatic rings. The minimum Gasteiger partial charge on any atom is -0.493 e. The molecule has 0 saturated heterocycles. The molecule has 7 heteroatoms. The topological polar surface area (TPSA) is 75.1 Å². The highest BCUT2D eigenvalue weighted by molar-refractivity contribution is 5.79. The summed E-state index contributed by atoms with van der Waals surface area (Å²) in [5.41, 5.74) is 1.60. The summed E-state index contributed by atoms with van der Waals surface area (Å²) < 4.78 is 23.4. The molecule has 3 N–H and O–H groups in total. The molecule has 146 valence electrons. The van der Waals surface area contributed by atoms with Crippen molar-refractivity contribution >= 4 is 5.96 Å². The third-order valence-corrected chi connectivity index (χ3v) is 3.93. The number of guanidine groups is 1. The van der Waals surface area contributed by atoms with Crippen LogP contribution in [0.3, 0.4) is 0 Å². The largest absolute Gasteiger partial charge is 0.493 e. The number of hydrogen-bond acceptors (Lipinski definition) is 4. The lowest BCUT2D eigenvalue weighted by atomic mass is 10.1. The van der Waals surface area contributed by atoms with Gasteiger partial charge in [-0.1, -0.05) is 18.2 Å². The number of aliphatic hydroxyl groups excluding tert-OH is 1. The molecule has 0 aromatic heterocycles. The number of ether oxygens (including phenoxy) is 2. The van der Waals surface area contributed by atoms with Crippen LogP contribution in [0.5, 0.6) is 11.5 Å². The van der Waals surface area contributed by atoms with Crippen LogP contribution in [0.2, 0.25) is 0 Å². The Bertz CT molecular complexity index is 751. The molecule has 0 spiro atoms. The smallest absolute Gasteiger partial charge is 0.191 e. The number of nitrogens with zero attached hydrogens (tertiary/aromatic N) is 1. The van der Waals surface area contributed by atoms with Crippen LogP contribution in [-0.2, 0) is 6.54 Å². The molecule has 0 amide bonds. The number of nitrogens with one attached hydrogen (secondary N) is 2. The summed E-state index contributed by atoms with van der Waals surface area (Å²) in [5.74, 6) is 1.47. The van der Waals surface area contributed by atoms with Crippen molar-refractivity contribution in [3.63, 3.8) is 0 Å². The Morgan fingerprint density at radius 2 is 1.78 bits per heavy atom. The molecule has 0 aliphatic rings. The van der Waals surface area contributed by atoms with E-state index in [1.807, 2.05) is 6.92 Å². The van der Waals surface area contributed by atoms with E-state index >= 15 is 0 Å². The zero-order valence-electron chi connectivity index (χ0n) is 15.8. The molecule has 2 rings (SSSR count). The van der Waals surface area contributed by atoms with E-state index in [1.165, 1.54) is 12.1 Å². The fourth-order valence-corrected chi connectivity index (χ4v) is 2.47. The standard InChI is InChI=1S/C20H26FN3O3/c1-4-22-20(23-12-14-5-8-16(21)9-6-14)24-13-17(25)15-7-10-18(26-2)19(11-15)27-3/h5-11,17,25H,4,12-13H2,1-3H3,(H2,22,23,24). The first kappa shape index (κ1) is 20.5. The number of aliphatic hydroxyl groups is 1. The third-order valence-electron chi connectivity index (χ3n) is 3.93. The number of hydrogen-bond donors (Lipinski definition) is 3. The molecule has 1 atom stereocenters. The predicted octanol–water partition coefficient (Wildman–Crippen LogP) is 2.63. The van der Waals surface area contributed by atoms with E-state index in [9.17, 15) is 9.50 Å². The van der Waals surface area contributed by atoms with Gasteiger partial charge in [0, 0.05) is 13.1 Å². The van der Waals surface area contributed by atoms with Gasteiger partial charge in [0.25, 0.3) is 0 Å². The van der Waals surface area contributed by atoms with Crippen LogP contribution in [0.4, 0.5) is 4.39 Å². The zero-order chi connectivity index (χ0) is 19.6. The lowest BCUT2D eigenvalue weighted by Gasteiger charge is -2.17. The van der Waals surface area contributed by atoms with Gasteiger partial charge in [-0.2, -0.15) is 0 Å². The number of aliphatic imine (C=N–C) groups is 1. The molecule has 0 radical (unpaired) electrons. The van der Waals surface area contributed by atoms with Crippen molar-refractivity contribution in [2.75, 3.05) is 27.3 Å². The maximum Gasteiger partial charge on any atom is 0.191 e. The minimum atomic E-state index is -0.750. The van der Waals surface area contributed by atoms with E-state index < -0.39 is 6.10 Å². The second kappa shape index (κ2) is 10.4. The summed E-state index contributed by atoms with van der Waals surface area (Å²) in [6.45, 7) is 3.31. The molecular weight excluding hydrogens is 349 g/mol. The first-order chi connectivity index (χ1) is 13.1. The van der Waals surface area contributed by atoms with Crippen molar-refractivity contribution in [2.45, 2.75) is 19.6 Å². The van der Waals surface area contributed by atoms with Crippen LogP contribution in [-0.4, -0.2) is 38.4 Å². The molecule has 2 aromatic carbocycles. The molecule has 6 nitrogen and oxygen atoms in total. The lowest BCUT2D eigenvalue weighted by molar-refractivity contribution is 0.180. The first-order valence-corrected chi connectivity index (χ1v) is 8.74. The van der Waals surface area contributed by atoms with E-state index in [-0.39, 0.29) is 12.4 Å². The number of methoxy groups -OCH3 is 2. The number of benzene rings is 2. The van der Waals surface area contributed by atoms with Gasteiger partial charge in [0.2, 0.25) is 0 Å². The molecular formula is C20H26FN3O3. The van der Waals surface area contributed by atoms with E-state index in [2.05, 4.69) is 15.6 Å². The van der Waals surface area contributed by atoms with Crippen molar-refractivity contribution in [3.05, 3.63) is 59.4 Å². The molecule has 27 heavy (non-hydrogen) atoms. The summed E-state index contributed by atoms with van der Waals surface area (Å²) in [7, 11) is 3.12. The van der Waals surface area contributed by atoms with Crippen LogP contribution >= 0.6 is 0 Å². The van der Waals surface area contributed by atoms with Gasteiger partial charge in [-0.3, -0.25) is 0 Å². The van der Waals surface area contributed by atoms with Gasteiger partial charge in [0.1, 0.15) is 5.82 Å². The maximum absolute atomic E-state index is 13.0. The number of halogens is 1. The lowest BCUT2D eigenvalue weighted by Crippen LogP contribution is -2.39. The highest BCUT2D eigenvalue weighted by Crippen LogP contribution is 2.29. The van der Waals surface area contributed by atoms with Crippen molar-refractivity contribution in [1.82, 2.24) is 10.6 Å². The van der Waals surface area contributed by atoms with Gasteiger partial charge in [-0.15, -0.1) is 0 Å². The van der Waals surface area contributed by atoms with Crippen molar-refractivity contribution in [1.29, 1.82) is 0 Å². The SMILES string of the molecule is CCNC(=NCc1ccc(F)cc1)NCC(O)c1ccc(OC)c(OC)c1. The normalized spacial score (nSPS) is 12.4. The summed E-state index contributed by atoms with van der Waals surface area (Å²) in [4.78, 5) is 4.46. The van der Waals surface area contributed by atoms with Crippen molar-refractivity contribution in [2.24, 2.45) is 4.99 Å². The summed E-state index contributed by atoms with van der Waals surface area (Å²) >= 11 is 0. The zero-order valence-corrected chi connectivity index (χ0v) is 15.8. The van der Waals surface area contributed by atoms with Gasteiger partial charge in [-0.25, -0.2) is 9.38 Å². The van der Waals surface area contributed by atoms with E-state index in [0.717, 1.165) is 5.56 Å². The fourth-order valence-electron chi connectivity index (χ4n) is 2.47. The molecule has 0 heterocycles. The summed E-state index contributed by atoms with van der Waals surface area (Å²) in [5, 5.41) is 16.7. The van der Waals surface area contributed by atoms with Crippen LogP contribution in [0.1, 0.15) is 24.2 Å². The minimum absolute atomic E-state index is 0.269. The molecule has 0 fully saturated rings. The van der Waals surface area contributed by atoms with Crippen molar-refractivity contribution < 1.29 is 19.0 Å². The highest BCUT2D eigenvalue weighted by atomic mass is 19.1. The Balaban J connectivity index is 1.99. The Hall–Kier alpha value is -2.80. The predicted molar refractivity (Wildman–Crippen MR) is 104 cm³/mol. The van der Waals surface area contributed by atoms with E-state index in [0.29, 0.717) is 36.1 Å². The van der Waals surface area contributed by atoms with E-state index in [1.54, 1.807) is 44.6 Å². The maximum atomic E-state index is 13.0. The highest BCUT2D eigenvalue weighted by Gasteiger charge is 2.12. The number of rotatable bonds is 8. The molecule has 0 aliphatic carbocycles. The molecule has 0 bridgehead atoms.